The van der Waals surface area contributed by atoms with Crippen LogP contribution in [0, 0.1) is 12.7 Å². The fourth-order valence-electron chi connectivity index (χ4n) is 1.83. The first kappa shape index (κ1) is 14.2. The molecule has 0 atom stereocenters. The Labute approximate surface area is 112 Å². The van der Waals surface area contributed by atoms with Gasteiger partial charge in [-0.25, -0.2) is 4.39 Å². The van der Waals surface area contributed by atoms with E-state index >= 15 is 0 Å². The molecule has 1 nitrogen and oxygen atoms in total. The Balaban J connectivity index is 2.46. The number of hydrogen-bond acceptors (Lipinski definition) is 1. The second kappa shape index (κ2) is 5.07. The molecule has 2 aromatic rings. The van der Waals surface area contributed by atoms with E-state index in [2.05, 4.69) is 0 Å². The first-order valence-electron chi connectivity index (χ1n) is 5.77. The van der Waals surface area contributed by atoms with Crippen LogP contribution in [0.1, 0.15) is 27.0 Å². The van der Waals surface area contributed by atoms with Crippen LogP contribution in [0.15, 0.2) is 42.5 Å². The zero-order chi connectivity index (χ0) is 14.9. The van der Waals surface area contributed by atoms with E-state index in [0.717, 1.165) is 24.3 Å². The minimum atomic E-state index is -4.52. The molecule has 2 aromatic carbocycles. The van der Waals surface area contributed by atoms with E-state index in [-0.39, 0.29) is 11.1 Å². The van der Waals surface area contributed by atoms with Gasteiger partial charge in [-0.05, 0) is 36.8 Å². The number of carbonyl (C=O) groups excluding carboxylic acids is 1. The molecule has 0 aliphatic carbocycles. The molecule has 0 aliphatic rings. The van der Waals surface area contributed by atoms with Crippen LogP contribution in [-0.4, -0.2) is 5.78 Å². The largest absolute Gasteiger partial charge is 0.416 e. The predicted molar refractivity (Wildman–Crippen MR) is 66.0 cm³/mol. The Kier molecular flexibility index (Phi) is 3.61. The number of benzene rings is 2. The van der Waals surface area contributed by atoms with Crippen molar-refractivity contribution in [1.29, 1.82) is 0 Å². The van der Waals surface area contributed by atoms with Gasteiger partial charge < -0.3 is 0 Å². The van der Waals surface area contributed by atoms with E-state index in [9.17, 15) is 22.4 Å². The lowest BCUT2D eigenvalue weighted by atomic mass is 9.97. The van der Waals surface area contributed by atoms with Gasteiger partial charge in [0.05, 0.1) is 5.56 Å². The average Bonchev–Trinajstić information content (AvgIpc) is 2.40. The fourth-order valence-corrected chi connectivity index (χ4v) is 1.83. The Bertz CT molecular complexity index is 659. The highest BCUT2D eigenvalue weighted by molar-refractivity contribution is 6.10. The Morgan fingerprint density at radius 3 is 2.40 bits per heavy atom. The SMILES string of the molecule is Cc1ccc(F)cc1C(=O)c1cccc(C(F)(F)F)c1. The summed E-state index contributed by atoms with van der Waals surface area (Å²) in [6, 6.07) is 7.72. The average molecular weight is 282 g/mol. The smallest absolute Gasteiger partial charge is 0.289 e. The van der Waals surface area contributed by atoms with Crippen molar-refractivity contribution in [1.82, 2.24) is 0 Å². The lowest BCUT2D eigenvalue weighted by molar-refractivity contribution is -0.137. The number of halogens is 4. The molecule has 0 N–H and O–H groups in total. The van der Waals surface area contributed by atoms with Crippen molar-refractivity contribution in [2.45, 2.75) is 13.1 Å². The molecule has 5 heteroatoms. The van der Waals surface area contributed by atoms with Crippen molar-refractivity contribution in [2.24, 2.45) is 0 Å². The molecule has 0 aliphatic heterocycles. The molecule has 0 aromatic heterocycles. The molecule has 2 rings (SSSR count). The molecular weight excluding hydrogens is 272 g/mol. The summed E-state index contributed by atoms with van der Waals surface area (Å²) in [5, 5.41) is 0. The van der Waals surface area contributed by atoms with Gasteiger partial charge in [0.1, 0.15) is 5.82 Å². The number of ketones is 1. The molecule has 0 heterocycles. The van der Waals surface area contributed by atoms with E-state index in [4.69, 9.17) is 0 Å². The topological polar surface area (TPSA) is 17.1 Å². The van der Waals surface area contributed by atoms with E-state index < -0.39 is 23.3 Å². The summed E-state index contributed by atoms with van der Waals surface area (Å²) in [6.45, 7) is 1.60. The molecular formula is C15H10F4O. The summed E-state index contributed by atoms with van der Waals surface area (Å²) in [4.78, 5) is 12.2. The third-order valence-corrected chi connectivity index (χ3v) is 2.90. The maximum Gasteiger partial charge on any atom is 0.416 e. The molecule has 0 spiro atoms. The van der Waals surface area contributed by atoms with Gasteiger partial charge in [0.2, 0.25) is 0 Å². The molecule has 20 heavy (non-hydrogen) atoms. The molecule has 0 unspecified atom stereocenters. The zero-order valence-corrected chi connectivity index (χ0v) is 10.5. The summed E-state index contributed by atoms with van der Waals surface area (Å²) in [6.07, 6.45) is -4.52. The van der Waals surface area contributed by atoms with E-state index in [1.165, 1.54) is 18.2 Å². The van der Waals surface area contributed by atoms with Crippen LogP contribution in [0.4, 0.5) is 17.6 Å². The minimum absolute atomic E-state index is 0.0596. The van der Waals surface area contributed by atoms with Crippen LogP contribution in [0.3, 0.4) is 0 Å². The zero-order valence-electron chi connectivity index (χ0n) is 10.5. The van der Waals surface area contributed by atoms with E-state index in [1.54, 1.807) is 6.92 Å². The Hall–Kier alpha value is -2.17. The number of hydrogen-bond donors (Lipinski definition) is 0. The minimum Gasteiger partial charge on any atom is -0.289 e. The Morgan fingerprint density at radius 2 is 1.75 bits per heavy atom. The monoisotopic (exact) mass is 282 g/mol. The maximum absolute atomic E-state index is 13.2. The quantitative estimate of drug-likeness (QED) is 0.590. The van der Waals surface area contributed by atoms with Crippen molar-refractivity contribution in [3.63, 3.8) is 0 Å². The van der Waals surface area contributed by atoms with Crippen LogP contribution in [0.2, 0.25) is 0 Å². The molecule has 0 fully saturated rings. The number of rotatable bonds is 2. The summed E-state index contributed by atoms with van der Waals surface area (Å²) in [5.74, 6) is -1.24. The third-order valence-electron chi connectivity index (χ3n) is 2.90. The lowest BCUT2D eigenvalue weighted by Gasteiger charge is -2.09. The standard InChI is InChI=1S/C15H10F4O/c1-9-5-6-12(16)8-13(9)14(20)10-3-2-4-11(7-10)15(17,18)19/h2-8H,1H3. The second-order valence-electron chi connectivity index (χ2n) is 4.37. The normalized spacial score (nSPS) is 11.4. The van der Waals surface area contributed by atoms with Crippen molar-refractivity contribution >= 4 is 5.78 Å². The van der Waals surface area contributed by atoms with Crippen LogP contribution in [-0.2, 0) is 6.18 Å². The van der Waals surface area contributed by atoms with Crippen molar-refractivity contribution in [3.8, 4) is 0 Å². The van der Waals surface area contributed by atoms with E-state index in [0.29, 0.717) is 5.56 Å². The number of carbonyl (C=O) groups is 1. The van der Waals surface area contributed by atoms with Gasteiger partial charge in [-0.15, -0.1) is 0 Å². The van der Waals surface area contributed by atoms with Crippen LogP contribution in [0.25, 0.3) is 0 Å². The number of aryl methyl sites for hydroxylation is 1. The molecule has 0 saturated carbocycles. The molecule has 0 bridgehead atoms. The second-order valence-corrected chi connectivity index (χ2v) is 4.37. The first-order chi connectivity index (χ1) is 9.29. The van der Waals surface area contributed by atoms with Gasteiger partial charge in [0.15, 0.2) is 5.78 Å². The van der Waals surface area contributed by atoms with Crippen molar-refractivity contribution < 1.29 is 22.4 Å². The lowest BCUT2D eigenvalue weighted by Crippen LogP contribution is -2.09. The highest BCUT2D eigenvalue weighted by Gasteiger charge is 2.31. The molecule has 0 radical (unpaired) electrons. The summed E-state index contributed by atoms with van der Waals surface area (Å²) in [5.41, 5.74) is -0.455. The first-order valence-corrected chi connectivity index (χ1v) is 5.77. The van der Waals surface area contributed by atoms with Crippen molar-refractivity contribution in [2.75, 3.05) is 0 Å². The van der Waals surface area contributed by atoms with Crippen LogP contribution >= 0.6 is 0 Å². The summed E-state index contributed by atoms with van der Waals surface area (Å²) < 4.78 is 51.0. The van der Waals surface area contributed by atoms with Crippen LogP contribution in [0.5, 0.6) is 0 Å². The van der Waals surface area contributed by atoms with E-state index in [1.807, 2.05) is 0 Å². The summed E-state index contributed by atoms with van der Waals surface area (Å²) >= 11 is 0. The fraction of sp³-hybridized carbons (Fsp3) is 0.133. The van der Waals surface area contributed by atoms with Gasteiger partial charge in [-0.1, -0.05) is 18.2 Å². The third kappa shape index (κ3) is 2.87. The number of alkyl halides is 3. The highest BCUT2D eigenvalue weighted by atomic mass is 19.4. The Morgan fingerprint density at radius 1 is 1.05 bits per heavy atom. The van der Waals surface area contributed by atoms with Gasteiger partial charge >= 0.3 is 6.18 Å². The van der Waals surface area contributed by atoms with Gasteiger partial charge in [-0.2, -0.15) is 13.2 Å². The molecule has 0 saturated heterocycles. The van der Waals surface area contributed by atoms with Gasteiger partial charge in [0, 0.05) is 11.1 Å². The summed E-state index contributed by atoms with van der Waals surface area (Å²) in [7, 11) is 0. The molecule has 0 amide bonds. The maximum atomic E-state index is 13.2. The highest BCUT2D eigenvalue weighted by Crippen LogP contribution is 2.30. The molecule has 104 valence electrons. The van der Waals surface area contributed by atoms with Gasteiger partial charge in [-0.3, -0.25) is 4.79 Å². The van der Waals surface area contributed by atoms with Gasteiger partial charge in [0.25, 0.3) is 0 Å². The predicted octanol–water partition coefficient (Wildman–Crippen LogP) is 4.38. The van der Waals surface area contributed by atoms with Crippen LogP contribution < -0.4 is 0 Å². The van der Waals surface area contributed by atoms with Crippen molar-refractivity contribution in [3.05, 3.63) is 70.5 Å².